The molecule has 0 bridgehead atoms. The van der Waals surface area contributed by atoms with E-state index in [0.29, 0.717) is 5.92 Å². The summed E-state index contributed by atoms with van der Waals surface area (Å²) in [6, 6.07) is 13.6. The minimum Gasteiger partial charge on any atom is -0.257 e. The van der Waals surface area contributed by atoms with Crippen molar-refractivity contribution in [3.8, 4) is 0 Å². The first-order valence-corrected chi connectivity index (χ1v) is 13.1. The van der Waals surface area contributed by atoms with Gasteiger partial charge >= 0.3 is 0 Å². The van der Waals surface area contributed by atoms with E-state index in [0.717, 1.165) is 12.8 Å². The fourth-order valence-electron chi connectivity index (χ4n) is 5.79. The summed E-state index contributed by atoms with van der Waals surface area (Å²) in [4.78, 5) is 10.4. The van der Waals surface area contributed by atoms with Crippen molar-refractivity contribution in [1.82, 2.24) is 0 Å². The summed E-state index contributed by atoms with van der Waals surface area (Å²) in [5.74, 6) is 0.700. The van der Waals surface area contributed by atoms with Crippen molar-refractivity contribution in [2.75, 3.05) is 0 Å². The Hall–Kier alpha value is -2.22. The van der Waals surface area contributed by atoms with Crippen LogP contribution in [0.5, 0.6) is 0 Å². The fraction of sp³-hybridized carbons (Fsp3) is 0.548. The molecule has 2 aromatic carbocycles. The third-order valence-corrected chi connectivity index (χ3v) is 8.13. The maximum absolute atomic E-state index is 5.22. The van der Waals surface area contributed by atoms with Crippen LogP contribution in [0.15, 0.2) is 46.4 Å². The number of fused-ring (bicyclic) bond motifs is 2. The molecule has 2 aliphatic heterocycles. The van der Waals surface area contributed by atoms with E-state index in [1.807, 2.05) is 0 Å². The molecule has 2 atom stereocenters. The predicted octanol–water partition coefficient (Wildman–Crippen LogP) is 9.10. The Morgan fingerprint density at radius 1 is 0.758 bits per heavy atom. The summed E-state index contributed by atoms with van der Waals surface area (Å²) in [5.41, 5.74) is 10.7. The van der Waals surface area contributed by atoms with Crippen molar-refractivity contribution in [2.24, 2.45) is 15.9 Å². The number of aliphatic imine (C=N–C) groups is 2. The normalized spacial score (nSPS) is 23.5. The highest BCUT2D eigenvalue weighted by molar-refractivity contribution is 6.07. The molecule has 2 nitrogen and oxygen atoms in total. The van der Waals surface area contributed by atoms with Gasteiger partial charge in [0.25, 0.3) is 0 Å². The van der Waals surface area contributed by atoms with E-state index in [1.165, 1.54) is 77.2 Å². The third-order valence-electron chi connectivity index (χ3n) is 8.13. The predicted molar refractivity (Wildman–Crippen MR) is 144 cm³/mol. The number of hydrogen-bond donors (Lipinski definition) is 0. The molecule has 0 saturated heterocycles. The number of benzene rings is 2. The summed E-state index contributed by atoms with van der Waals surface area (Å²) in [7, 11) is 0. The Bertz CT molecular complexity index is 1090. The standard InChI is InChI=1S/C31H42N2/c1-8-9-17-30(6)24-19-22(4)10-12-26(24)32-28(30)14-15-29-31(7,18-16-21(2)3)25-20-23(5)11-13-27(25)33-29/h10-13,19-21H,8-9,14-18H2,1-7H3. The molecule has 2 heterocycles. The van der Waals surface area contributed by atoms with Crippen LogP contribution >= 0.6 is 0 Å². The quantitative estimate of drug-likeness (QED) is 0.370. The fourth-order valence-corrected chi connectivity index (χ4v) is 5.79. The molecule has 33 heavy (non-hydrogen) atoms. The Morgan fingerprint density at radius 2 is 1.24 bits per heavy atom. The topological polar surface area (TPSA) is 24.7 Å². The van der Waals surface area contributed by atoms with Gasteiger partial charge in [-0.2, -0.15) is 0 Å². The van der Waals surface area contributed by atoms with Gasteiger partial charge in [0.1, 0.15) is 0 Å². The molecule has 0 saturated carbocycles. The highest BCUT2D eigenvalue weighted by atomic mass is 14.8. The van der Waals surface area contributed by atoms with Crippen LogP contribution in [0.2, 0.25) is 0 Å². The lowest BCUT2D eigenvalue weighted by Crippen LogP contribution is -2.33. The van der Waals surface area contributed by atoms with Gasteiger partial charge in [-0.1, -0.05) is 82.9 Å². The molecular formula is C31H42N2. The maximum atomic E-state index is 5.22. The van der Waals surface area contributed by atoms with E-state index < -0.39 is 0 Å². The van der Waals surface area contributed by atoms with Crippen molar-refractivity contribution in [2.45, 2.75) is 104 Å². The van der Waals surface area contributed by atoms with E-state index >= 15 is 0 Å². The van der Waals surface area contributed by atoms with E-state index in [-0.39, 0.29) is 10.8 Å². The first-order chi connectivity index (χ1) is 15.7. The monoisotopic (exact) mass is 442 g/mol. The molecule has 0 spiro atoms. The Balaban J connectivity index is 1.62. The van der Waals surface area contributed by atoms with Crippen LogP contribution in [-0.4, -0.2) is 11.4 Å². The molecule has 2 aromatic rings. The van der Waals surface area contributed by atoms with Crippen molar-refractivity contribution < 1.29 is 0 Å². The smallest absolute Gasteiger partial charge is 0.0671 e. The van der Waals surface area contributed by atoms with Gasteiger partial charge in [0, 0.05) is 22.3 Å². The SMILES string of the molecule is CCCCC1(C)C(CCC2=Nc3ccc(C)cc3C2(C)CCC(C)C)=Nc2ccc(C)cc21. The van der Waals surface area contributed by atoms with Crippen LogP contribution in [0.4, 0.5) is 11.4 Å². The van der Waals surface area contributed by atoms with Crippen LogP contribution in [-0.2, 0) is 10.8 Å². The summed E-state index contributed by atoms with van der Waals surface area (Å²) < 4.78 is 0. The highest BCUT2D eigenvalue weighted by Crippen LogP contribution is 2.48. The second-order valence-electron chi connectivity index (χ2n) is 11.4. The van der Waals surface area contributed by atoms with Crippen LogP contribution in [0.1, 0.15) is 102 Å². The van der Waals surface area contributed by atoms with E-state index in [4.69, 9.17) is 9.98 Å². The van der Waals surface area contributed by atoms with Gasteiger partial charge in [-0.05, 0) is 75.1 Å². The molecule has 2 aliphatic rings. The Morgan fingerprint density at radius 3 is 1.70 bits per heavy atom. The minimum absolute atomic E-state index is 0.0358. The lowest BCUT2D eigenvalue weighted by Gasteiger charge is -2.31. The largest absolute Gasteiger partial charge is 0.257 e. The van der Waals surface area contributed by atoms with Crippen molar-refractivity contribution in [3.63, 3.8) is 0 Å². The van der Waals surface area contributed by atoms with E-state index in [2.05, 4.69) is 84.9 Å². The molecule has 0 amide bonds. The van der Waals surface area contributed by atoms with Crippen LogP contribution in [0.3, 0.4) is 0 Å². The minimum atomic E-state index is 0.0358. The molecular weight excluding hydrogens is 400 g/mol. The number of nitrogens with zero attached hydrogens (tertiary/aromatic N) is 2. The number of rotatable bonds is 9. The molecule has 0 fully saturated rings. The molecule has 2 unspecified atom stereocenters. The summed E-state index contributed by atoms with van der Waals surface area (Å²) in [6.07, 6.45) is 8.02. The Kier molecular flexibility index (Phi) is 6.67. The van der Waals surface area contributed by atoms with Gasteiger partial charge in [-0.25, -0.2) is 0 Å². The number of unbranched alkanes of at least 4 members (excludes halogenated alkanes) is 1. The second kappa shape index (κ2) is 9.20. The first-order valence-electron chi connectivity index (χ1n) is 13.1. The number of aryl methyl sites for hydroxylation is 2. The van der Waals surface area contributed by atoms with Gasteiger partial charge < -0.3 is 0 Å². The zero-order valence-electron chi connectivity index (χ0n) is 21.9. The maximum Gasteiger partial charge on any atom is 0.0671 e. The summed E-state index contributed by atoms with van der Waals surface area (Å²) in [5, 5.41) is 0. The molecule has 0 radical (unpaired) electrons. The van der Waals surface area contributed by atoms with Crippen molar-refractivity contribution in [1.29, 1.82) is 0 Å². The second-order valence-corrected chi connectivity index (χ2v) is 11.4. The van der Waals surface area contributed by atoms with Gasteiger partial charge in [0.2, 0.25) is 0 Å². The lowest BCUT2D eigenvalue weighted by molar-refractivity contribution is 0.472. The molecule has 0 aromatic heterocycles. The summed E-state index contributed by atoms with van der Waals surface area (Å²) in [6.45, 7) is 16.2. The van der Waals surface area contributed by atoms with Crippen LogP contribution < -0.4 is 0 Å². The van der Waals surface area contributed by atoms with Gasteiger partial charge in [-0.3, -0.25) is 9.98 Å². The zero-order chi connectivity index (χ0) is 23.8. The lowest BCUT2D eigenvalue weighted by atomic mass is 9.71. The van der Waals surface area contributed by atoms with Crippen LogP contribution in [0, 0.1) is 19.8 Å². The van der Waals surface area contributed by atoms with E-state index in [1.54, 1.807) is 0 Å². The average molecular weight is 443 g/mol. The van der Waals surface area contributed by atoms with E-state index in [9.17, 15) is 0 Å². The molecule has 4 rings (SSSR count). The zero-order valence-corrected chi connectivity index (χ0v) is 21.9. The molecule has 176 valence electrons. The van der Waals surface area contributed by atoms with Gasteiger partial charge in [0.15, 0.2) is 0 Å². The van der Waals surface area contributed by atoms with Gasteiger partial charge in [0.05, 0.1) is 11.4 Å². The number of hydrogen-bond acceptors (Lipinski definition) is 2. The third kappa shape index (κ3) is 4.46. The first kappa shape index (κ1) is 23.9. The highest BCUT2D eigenvalue weighted by Gasteiger charge is 2.42. The summed E-state index contributed by atoms with van der Waals surface area (Å²) >= 11 is 0. The van der Waals surface area contributed by atoms with Crippen molar-refractivity contribution in [3.05, 3.63) is 58.7 Å². The van der Waals surface area contributed by atoms with Crippen LogP contribution in [0.25, 0.3) is 0 Å². The van der Waals surface area contributed by atoms with Crippen molar-refractivity contribution >= 4 is 22.8 Å². The molecule has 0 aliphatic carbocycles. The Labute approximate surface area is 201 Å². The molecule has 0 N–H and O–H groups in total. The van der Waals surface area contributed by atoms with Gasteiger partial charge in [-0.15, -0.1) is 0 Å². The average Bonchev–Trinajstić information content (AvgIpc) is 3.21. The molecule has 2 heteroatoms.